The van der Waals surface area contributed by atoms with Crippen molar-refractivity contribution in [3.63, 3.8) is 0 Å². The zero-order valence-corrected chi connectivity index (χ0v) is 32.9. The molecule has 10 nitrogen and oxygen atoms in total. The summed E-state index contributed by atoms with van der Waals surface area (Å²) in [6.07, 6.45) is 1.50. The molecule has 0 unspecified atom stereocenters. The van der Waals surface area contributed by atoms with Crippen LogP contribution in [0.25, 0.3) is 11.1 Å². The van der Waals surface area contributed by atoms with Gasteiger partial charge in [-0.25, -0.2) is 9.78 Å². The van der Waals surface area contributed by atoms with Crippen LogP contribution in [0.4, 0.5) is 0 Å². The summed E-state index contributed by atoms with van der Waals surface area (Å²) in [6, 6.07) is 47.4. The van der Waals surface area contributed by atoms with Crippen LogP contribution < -0.4 is 0 Å². The summed E-state index contributed by atoms with van der Waals surface area (Å²) in [4.78, 5) is 18.3. The molecule has 0 bridgehead atoms. The van der Waals surface area contributed by atoms with Gasteiger partial charge in [-0.2, -0.15) is 0 Å². The fourth-order valence-electron chi connectivity index (χ4n) is 7.81. The third-order valence-corrected chi connectivity index (χ3v) is 10.3. The number of rotatable bonds is 16. The largest absolute Gasteiger partial charge is 0.461 e. The van der Waals surface area contributed by atoms with E-state index in [1.54, 1.807) is 13.8 Å². The van der Waals surface area contributed by atoms with Crippen molar-refractivity contribution in [2.75, 3.05) is 13.2 Å². The number of aromatic nitrogens is 2. The maximum Gasteiger partial charge on any atom is 0.357 e. The molecule has 0 spiro atoms. The van der Waals surface area contributed by atoms with Crippen LogP contribution in [-0.2, 0) is 39.3 Å². The first-order valence-corrected chi connectivity index (χ1v) is 19.5. The van der Waals surface area contributed by atoms with E-state index in [1.165, 1.54) is 0 Å². The lowest BCUT2D eigenvalue weighted by Gasteiger charge is -2.45. The SMILES string of the molecule is CCCOCc1nc(C(C)(C)O)c(C(=O)OCCC)n1Cc1ccc(-c2ccccc2C2(C(c3ccccc3)(c3ccccc3)c3ccccc3)N=NN=N2)cc1. The van der Waals surface area contributed by atoms with E-state index in [0.29, 0.717) is 25.4 Å². The molecule has 57 heavy (non-hydrogen) atoms. The van der Waals surface area contributed by atoms with E-state index < -0.39 is 22.6 Å². The van der Waals surface area contributed by atoms with Crippen LogP contribution >= 0.6 is 0 Å². The van der Waals surface area contributed by atoms with Crippen LogP contribution in [0.15, 0.2) is 160 Å². The van der Waals surface area contributed by atoms with Crippen molar-refractivity contribution in [3.05, 3.63) is 185 Å². The number of nitrogens with zero attached hydrogens (tertiary/aromatic N) is 6. The van der Waals surface area contributed by atoms with Gasteiger partial charge in [0.25, 0.3) is 0 Å². The summed E-state index contributed by atoms with van der Waals surface area (Å²) in [7, 11) is 0. The molecular weight excluding hydrogens is 713 g/mol. The molecule has 1 aliphatic heterocycles. The Kier molecular flexibility index (Phi) is 11.6. The lowest BCUT2D eigenvalue weighted by Crippen LogP contribution is -2.48. The van der Waals surface area contributed by atoms with Gasteiger partial charge in [-0.1, -0.05) is 153 Å². The fourth-order valence-corrected chi connectivity index (χ4v) is 7.81. The molecule has 10 heteroatoms. The average Bonchev–Trinajstić information content (AvgIpc) is 3.89. The van der Waals surface area contributed by atoms with E-state index in [1.807, 2.05) is 97.3 Å². The molecule has 0 radical (unpaired) electrons. The third kappa shape index (κ3) is 7.46. The van der Waals surface area contributed by atoms with Crippen molar-refractivity contribution >= 4 is 5.97 Å². The van der Waals surface area contributed by atoms with Gasteiger partial charge in [0.2, 0.25) is 5.66 Å². The van der Waals surface area contributed by atoms with E-state index in [-0.39, 0.29) is 24.6 Å². The number of hydrogen-bond donors (Lipinski definition) is 1. The predicted molar refractivity (Wildman–Crippen MR) is 220 cm³/mol. The molecule has 0 aliphatic carbocycles. The van der Waals surface area contributed by atoms with Gasteiger partial charge in [0.1, 0.15) is 23.7 Å². The van der Waals surface area contributed by atoms with E-state index in [4.69, 9.17) is 24.7 Å². The Hall–Kier alpha value is -6.10. The minimum atomic E-state index is -1.39. The highest BCUT2D eigenvalue weighted by atomic mass is 16.5. The van der Waals surface area contributed by atoms with Crippen LogP contribution in [0.3, 0.4) is 0 Å². The number of benzene rings is 5. The molecule has 1 N–H and O–H groups in total. The van der Waals surface area contributed by atoms with E-state index in [0.717, 1.165) is 45.4 Å². The van der Waals surface area contributed by atoms with Crippen molar-refractivity contribution in [3.8, 4) is 11.1 Å². The van der Waals surface area contributed by atoms with Gasteiger partial charge in [0.05, 0.1) is 12.0 Å². The van der Waals surface area contributed by atoms with E-state index in [9.17, 15) is 9.90 Å². The average molecular weight is 761 g/mol. The smallest absolute Gasteiger partial charge is 0.357 e. The number of esters is 1. The predicted octanol–water partition coefficient (Wildman–Crippen LogP) is 10.3. The lowest BCUT2D eigenvalue weighted by atomic mass is 9.59. The zero-order valence-electron chi connectivity index (χ0n) is 32.9. The van der Waals surface area contributed by atoms with E-state index >= 15 is 0 Å². The quantitative estimate of drug-likeness (QED) is 0.0598. The molecule has 290 valence electrons. The van der Waals surface area contributed by atoms with Crippen molar-refractivity contribution < 1.29 is 19.4 Å². The van der Waals surface area contributed by atoms with Crippen molar-refractivity contribution in [1.29, 1.82) is 0 Å². The number of ether oxygens (including phenoxy) is 2. The summed E-state index contributed by atoms with van der Waals surface area (Å²) >= 11 is 0. The molecule has 0 amide bonds. The minimum Gasteiger partial charge on any atom is -0.461 e. The number of carbonyl (C=O) groups excluding carboxylic acids is 1. The number of carbonyl (C=O) groups is 1. The van der Waals surface area contributed by atoms with Gasteiger partial charge in [-0.3, -0.25) is 0 Å². The zero-order chi connectivity index (χ0) is 39.9. The maximum absolute atomic E-state index is 13.6. The van der Waals surface area contributed by atoms with Crippen molar-refractivity contribution in [1.82, 2.24) is 9.55 Å². The topological polar surface area (TPSA) is 123 Å². The first-order chi connectivity index (χ1) is 27.7. The number of imidazole rings is 1. The van der Waals surface area contributed by atoms with Gasteiger partial charge < -0.3 is 19.1 Å². The Morgan fingerprint density at radius 2 is 1.23 bits per heavy atom. The molecule has 0 atom stereocenters. The molecule has 1 aromatic heterocycles. The second-order valence-corrected chi connectivity index (χ2v) is 14.7. The summed E-state index contributed by atoms with van der Waals surface area (Å²) in [5.74, 6) is 0.00843. The lowest BCUT2D eigenvalue weighted by molar-refractivity contribution is 0.0450. The first kappa shape index (κ1) is 39.1. The Balaban J connectivity index is 1.36. The number of aliphatic hydroxyl groups is 1. The second-order valence-electron chi connectivity index (χ2n) is 14.7. The molecule has 0 fully saturated rings. The Morgan fingerprint density at radius 3 is 1.75 bits per heavy atom. The van der Waals surface area contributed by atoms with Crippen LogP contribution in [-0.4, -0.2) is 33.8 Å². The van der Waals surface area contributed by atoms with Gasteiger partial charge in [0.15, 0.2) is 5.69 Å². The highest BCUT2D eigenvalue weighted by molar-refractivity contribution is 5.89. The minimum absolute atomic E-state index is 0.181. The number of hydrogen-bond acceptors (Lipinski definition) is 9. The van der Waals surface area contributed by atoms with Crippen LogP contribution in [0.5, 0.6) is 0 Å². The summed E-state index contributed by atoms with van der Waals surface area (Å²) < 4.78 is 13.3. The Labute approximate surface area is 334 Å². The van der Waals surface area contributed by atoms with Crippen molar-refractivity contribution in [2.45, 2.75) is 70.4 Å². The monoisotopic (exact) mass is 760 g/mol. The van der Waals surface area contributed by atoms with Crippen LogP contribution in [0.2, 0.25) is 0 Å². The third-order valence-electron chi connectivity index (χ3n) is 10.3. The first-order valence-electron chi connectivity index (χ1n) is 19.5. The Morgan fingerprint density at radius 1 is 0.702 bits per heavy atom. The standard InChI is InChI=1S/C47H48N6O4/c1-5-30-56-33-41-48-43(45(3,4)55)42(44(54)57-31-6-2)53(41)32-34-26-28-35(29-27-34)39-24-16-17-25-40(39)47(49-51-52-50-47)46(36-18-10-7-11-19-36,37-20-12-8-13-21-37)38-22-14-9-15-23-38/h7-29,55H,5-6,30-33H2,1-4H3. The molecule has 0 saturated carbocycles. The molecule has 2 heterocycles. The Bertz CT molecular complexity index is 2220. The molecule has 0 saturated heterocycles. The van der Waals surface area contributed by atoms with Gasteiger partial charge in [0, 0.05) is 18.7 Å². The molecule has 1 aliphatic rings. The van der Waals surface area contributed by atoms with Gasteiger partial charge >= 0.3 is 5.97 Å². The summed E-state index contributed by atoms with van der Waals surface area (Å²) in [5.41, 5.74) is 3.35. The highest BCUT2D eigenvalue weighted by Gasteiger charge is 2.60. The summed E-state index contributed by atoms with van der Waals surface area (Å²) in [6.45, 7) is 8.50. The van der Waals surface area contributed by atoms with Crippen LogP contribution in [0.1, 0.15) is 90.4 Å². The molecule has 7 rings (SSSR count). The normalized spacial score (nSPS) is 13.6. The molecule has 6 aromatic rings. The molecule has 5 aromatic carbocycles. The summed E-state index contributed by atoms with van der Waals surface area (Å²) in [5, 5.41) is 29.7. The maximum atomic E-state index is 13.6. The van der Waals surface area contributed by atoms with Gasteiger partial charge in [-0.05, 0) is 70.5 Å². The fraction of sp³-hybridized carbons (Fsp3) is 0.277. The highest BCUT2D eigenvalue weighted by Crippen LogP contribution is 2.58. The second kappa shape index (κ2) is 17.0. The van der Waals surface area contributed by atoms with E-state index in [2.05, 4.69) is 71.1 Å². The van der Waals surface area contributed by atoms with Crippen molar-refractivity contribution in [2.24, 2.45) is 20.7 Å². The van der Waals surface area contributed by atoms with Crippen LogP contribution in [0, 0.1) is 0 Å². The molecular formula is C47H48N6O4. The van der Waals surface area contributed by atoms with Gasteiger partial charge in [-0.15, -0.1) is 10.2 Å².